The molecule has 1 aliphatic rings. The van der Waals surface area contributed by atoms with Crippen molar-refractivity contribution in [3.05, 3.63) is 89.7 Å². The van der Waals surface area contributed by atoms with Gasteiger partial charge in [0, 0.05) is 5.69 Å². The number of benzene rings is 3. The summed E-state index contributed by atoms with van der Waals surface area (Å²) in [5.74, 6) is 0.739. The summed E-state index contributed by atoms with van der Waals surface area (Å²) in [5, 5.41) is -0.412. The summed E-state index contributed by atoms with van der Waals surface area (Å²) in [7, 11) is 0. The minimum Gasteiger partial charge on any atom is -0.457 e. The molecule has 1 heterocycles. The van der Waals surface area contributed by atoms with Crippen LogP contribution >= 0.6 is 11.8 Å². The highest BCUT2D eigenvalue weighted by Gasteiger charge is 2.35. The van der Waals surface area contributed by atoms with E-state index in [0.29, 0.717) is 22.7 Å². The number of anilines is 1. The molecule has 31 heavy (non-hydrogen) atoms. The molecule has 1 atom stereocenters. The van der Waals surface area contributed by atoms with Gasteiger partial charge in [-0.1, -0.05) is 24.3 Å². The average Bonchev–Trinajstić information content (AvgIpc) is 3.11. The second-order valence-corrected chi connectivity index (χ2v) is 8.08. The number of thioether (sulfide) groups is 1. The lowest BCUT2D eigenvalue weighted by atomic mass is 10.1. The summed E-state index contributed by atoms with van der Waals surface area (Å²) in [5.41, 5.74) is 1.42. The maximum atomic E-state index is 13.0. The summed E-state index contributed by atoms with van der Waals surface area (Å²) in [6, 6.07) is 18.7. The predicted molar refractivity (Wildman–Crippen MR) is 112 cm³/mol. The topological polar surface area (TPSA) is 29.5 Å². The molecule has 4 rings (SSSR count). The zero-order valence-corrected chi connectivity index (χ0v) is 16.9. The summed E-state index contributed by atoms with van der Waals surface area (Å²) < 4.78 is 57.0. The third-order valence-electron chi connectivity index (χ3n) is 4.67. The monoisotopic (exact) mass is 447 g/mol. The Kier molecular flexibility index (Phi) is 5.91. The number of carbonyl (C=O) groups is 1. The predicted octanol–water partition coefficient (Wildman–Crippen LogP) is 6.50. The number of amides is 1. The van der Waals surface area contributed by atoms with E-state index in [4.69, 9.17) is 4.74 Å². The Labute approximate surface area is 180 Å². The number of rotatable bonds is 5. The lowest BCUT2D eigenvalue weighted by molar-refractivity contribution is -0.127. The smallest absolute Gasteiger partial charge is 0.393 e. The Morgan fingerprint density at radius 1 is 0.968 bits per heavy atom. The van der Waals surface area contributed by atoms with E-state index < -0.39 is 18.0 Å². The van der Waals surface area contributed by atoms with Gasteiger partial charge in [0.05, 0.1) is 12.2 Å². The number of hydrogen-bond donors (Lipinski definition) is 0. The molecule has 0 bridgehead atoms. The molecule has 1 aliphatic heterocycles. The number of halogens is 4. The van der Waals surface area contributed by atoms with Crippen molar-refractivity contribution in [3.63, 3.8) is 0 Å². The van der Waals surface area contributed by atoms with Crippen LogP contribution in [-0.2, 0) is 11.2 Å². The summed E-state index contributed by atoms with van der Waals surface area (Å²) in [6.45, 7) is 0. The Hall–Kier alpha value is -3.00. The normalized spacial score (nSPS) is 16.6. The molecule has 3 nitrogen and oxygen atoms in total. The highest BCUT2D eigenvalue weighted by atomic mass is 32.2. The van der Waals surface area contributed by atoms with E-state index in [1.807, 2.05) is 0 Å². The largest absolute Gasteiger partial charge is 0.457 e. The number of carbonyl (C=O) groups excluding carboxylic acids is 1. The zero-order chi connectivity index (χ0) is 22.0. The molecule has 1 unspecified atom stereocenters. The van der Waals surface area contributed by atoms with Gasteiger partial charge < -0.3 is 4.74 Å². The van der Waals surface area contributed by atoms with E-state index >= 15 is 0 Å². The number of hydrogen-bond acceptors (Lipinski definition) is 3. The summed E-state index contributed by atoms with van der Waals surface area (Å²) in [6.07, 6.45) is -5.31. The molecule has 0 aliphatic carbocycles. The van der Waals surface area contributed by atoms with Gasteiger partial charge in [-0.25, -0.2) is 4.39 Å². The van der Waals surface area contributed by atoms with Crippen LogP contribution < -0.4 is 9.64 Å². The van der Waals surface area contributed by atoms with Crippen molar-refractivity contribution in [2.75, 3.05) is 10.7 Å². The Morgan fingerprint density at radius 2 is 1.61 bits per heavy atom. The van der Waals surface area contributed by atoms with Crippen molar-refractivity contribution in [1.82, 2.24) is 0 Å². The van der Waals surface area contributed by atoms with Crippen molar-refractivity contribution in [2.45, 2.75) is 18.0 Å². The van der Waals surface area contributed by atoms with Crippen LogP contribution in [0.25, 0.3) is 0 Å². The molecule has 3 aromatic rings. The fourth-order valence-electron chi connectivity index (χ4n) is 3.35. The van der Waals surface area contributed by atoms with Crippen LogP contribution in [0.5, 0.6) is 11.5 Å². The molecule has 1 saturated heterocycles. The molecule has 0 N–H and O–H groups in total. The van der Waals surface area contributed by atoms with Gasteiger partial charge in [0.1, 0.15) is 22.7 Å². The fourth-order valence-corrected chi connectivity index (χ4v) is 4.52. The lowest BCUT2D eigenvalue weighted by Crippen LogP contribution is -2.27. The first-order chi connectivity index (χ1) is 14.8. The second kappa shape index (κ2) is 8.63. The molecule has 160 valence electrons. The van der Waals surface area contributed by atoms with Crippen LogP contribution in [0.15, 0.2) is 72.8 Å². The molecule has 0 spiro atoms. The Morgan fingerprint density at radius 3 is 2.26 bits per heavy atom. The van der Waals surface area contributed by atoms with Crippen LogP contribution in [0, 0.1) is 5.82 Å². The van der Waals surface area contributed by atoms with Crippen LogP contribution in [0.2, 0.25) is 0 Å². The van der Waals surface area contributed by atoms with Gasteiger partial charge in [-0.2, -0.15) is 13.2 Å². The van der Waals surface area contributed by atoms with Crippen LogP contribution in [0.1, 0.15) is 16.5 Å². The number of nitrogens with zero attached hydrogens (tertiary/aromatic N) is 1. The van der Waals surface area contributed by atoms with Crippen molar-refractivity contribution >= 4 is 23.4 Å². The highest BCUT2D eigenvalue weighted by Crippen LogP contribution is 2.42. The molecule has 1 fully saturated rings. The van der Waals surface area contributed by atoms with E-state index in [2.05, 4.69) is 0 Å². The Balaban J connectivity index is 1.54. The van der Waals surface area contributed by atoms with E-state index in [-0.39, 0.29) is 23.0 Å². The average molecular weight is 447 g/mol. The SMILES string of the molecule is O=C1CSC(c2cccc(CC(F)(F)F)c2)N1c1ccc(Oc2ccc(F)cc2)cc1. The number of alkyl halides is 3. The quantitative estimate of drug-likeness (QED) is 0.418. The first kappa shape index (κ1) is 21.2. The molecule has 0 radical (unpaired) electrons. The molecular weight excluding hydrogens is 430 g/mol. The van der Waals surface area contributed by atoms with E-state index in [1.165, 1.54) is 48.2 Å². The van der Waals surface area contributed by atoms with Crippen molar-refractivity contribution in [2.24, 2.45) is 0 Å². The molecule has 3 aromatic carbocycles. The first-order valence-corrected chi connectivity index (χ1v) is 10.5. The molecule has 0 saturated carbocycles. The fraction of sp³-hybridized carbons (Fsp3) is 0.174. The lowest BCUT2D eigenvalue weighted by Gasteiger charge is -2.25. The second-order valence-electron chi connectivity index (χ2n) is 7.01. The van der Waals surface area contributed by atoms with Gasteiger partial charge in [0.25, 0.3) is 0 Å². The van der Waals surface area contributed by atoms with E-state index in [1.54, 1.807) is 41.3 Å². The maximum Gasteiger partial charge on any atom is 0.393 e. The van der Waals surface area contributed by atoms with Crippen molar-refractivity contribution in [3.8, 4) is 11.5 Å². The van der Waals surface area contributed by atoms with Crippen molar-refractivity contribution < 1.29 is 27.1 Å². The van der Waals surface area contributed by atoms with Gasteiger partial charge in [0.2, 0.25) is 5.91 Å². The standard InChI is InChI=1S/C23H17F4NO2S/c24-17-4-8-19(9-5-17)30-20-10-6-18(7-11-20)28-21(29)14-31-22(28)16-3-1-2-15(12-16)13-23(25,26)27/h1-12,22H,13-14H2. The maximum absolute atomic E-state index is 13.0. The molecular formula is C23H17F4NO2S. The van der Waals surface area contributed by atoms with Gasteiger partial charge in [-0.3, -0.25) is 9.69 Å². The van der Waals surface area contributed by atoms with Gasteiger partial charge in [-0.05, 0) is 59.7 Å². The number of ether oxygens (including phenoxy) is 1. The van der Waals surface area contributed by atoms with Crippen LogP contribution in [0.4, 0.5) is 23.2 Å². The third kappa shape index (κ3) is 5.19. The van der Waals surface area contributed by atoms with E-state index in [0.717, 1.165) is 0 Å². The van der Waals surface area contributed by atoms with Gasteiger partial charge >= 0.3 is 6.18 Å². The minimum atomic E-state index is -4.29. The van der Waals surface area contributed by atoms with Crippen LogP contribution in [0.3, 0.4) is 0 Å². The van der Waals surface area contributed by atoms with E-state index in [9.17, 15) is 22.4 Å². The first-order valence-electron chi connectivity index (χ1n) is 9.41. The van der Waals surface area contributed by atoms with Gasteiger partial charge in [0.15, 0.2) is 0 Å². The summed E-state index contributed by atoms with van der Waals surface area (Å²) >= 11 is 1.37. The zero-order valence-electron chi connectivity index (χ0n) is 16.1. The Bertz CT molecular complexity index is 1070. The van der Waals surface area contributed by atoms with Crippen molar-refractivity contribution in [1.29, 1.82) is 0 Å². The third-order valence-corrected chi connectivity index (χ3v) is 5.89. The molecule has 8 heteroatoms. The van der Waals surface area contributed by atoms with Gasteiger partial charge in [-0.15, -0.1) is 11.8 Å². The molecule has 0 aromatic heterocycles. The molecule has 1 amide bonds. The minimum absolute atomic E-state index is 0.122. The highest BCUT2D eigenvalue weighted by molar-refractivity contribution is 8.00. The summed E-state index contributed by atoms with van der Waals surface area (Å²) in [4.78, 5) is 14.1. The van der Waals surface area contributed by atoms with Crippen LogP contribution in [-0.4, -0.2) is 17.8 Å².